The van der Waals surface area contributed by atoms with Crippen LogP contribution in [0.3, 0.4) is 0 Å². The van der Waals surface area contributed by atoms with Gasteiger partial charge in [-0.1, -0.05) is 17.8 Å². The lowest BCUT2D eigenvalue weighted by atomic mass is 10.2. The number of hydrogen-bond acceptors (Lipinski definition) is 7. The van der Waals surface area contributed by atoms with Crippen molar-refractivity contribution in [2.45, 2.75) is 23.3 Å². The predicted octanol–water partition coefficient (Wildman–Crippen LogP) is 1.42. The summed E-state index contributed by atoms with van der Waals surface area (Å²) in [6, 6.07) is 6.31. The van der Waals surface area contributed by atoms with Gasteiger partial charge in [0.05, 0.1) is 6.54 Å². The highest BCUT2D eigenvalue weighted by Gasteiger charge is 2.38. The van der Waals surface area contributed by atoms with Crippen LogP contribution in [0.4, 0.5) is 14.6 Å². The highest BCUT2D eigenvalue weighted by atomic mass is 32.2. The largest absolute Gasteiger partial charge is 0.460 e. The van der Waals surface area contributed by atoms with Crippen LogP contribution in [0.2, 0.25) is 0 Å². The third kappa shape index (κ3) is 4.42. The average Bonchev–Trinajstić information content (AvgIpc) is 2.81. The summed E-state index contributed by atoms with van der Waals surface area (Å²) < 4.78 is 33.8. The number of ether oxygens (including phenoxy) is 1. The Bertz CT molecular complexity index is 1370. The summed E-state index contributed by atoms with van der Waals surface area (Å²) in [5.74, 6) is -3.83. The Kier molecular flexibility index (Phi) is 6.09. The number of carbonyl (C=O) groups is 2. The van der Waals surface area contributed by atoms with E-state index in [9.17, 15) is 28.0 Å². The Hall–Kier alpha value is -3.80. The van der Waals surface area contributed by atoms with Crippen molar-refractivity contribution in [3.05, 3.63) is 86.3 Å². The van der Waals surface area contributed by atoms with Gasteiger partial charge < -0.3 is 10.1 Å². The van der Waals surface area contributed by atoms with Crippen LogP contribution in [0.15, 0.2) is 57.2 Å². The second-order valence-corrected chi connectivity index (χ2v) is 8.22. The molecule has 4 rings (SSSR count). The number of nitrogens with zero attached hydrogens (tertiary/aromatic N) is 3. The lowest BCUT2D eigenvalue weighted by Crippen LogP contribution is -2.46. The number of fused-ring (bicyclic) bond motifs is 1. The first-order chi connectivity index (χ1) is 15.8. The number of hydrogen-bond donors (Lipinski definition) is 1. The second kappa shape index (κ2) is 8.98. The SMILES string of the molecule is Cn1c2c(c(=O)n(Cc3ccc(F)c(F)c3)c1=O)SC(C(=O)OCc1ccncc1)C(=O)N2. The summed E-state index contributed by atoms with van der Waals surface area (Å²) in [6.45, 7) is -0.423. The standard InChI is InChI=1S/C21H16F2N4O5S/c1-26-17-15(19(29)27(21(26)31)9-12-2-3-13(22)14(23)8-12)33-16(18(28)25-17)20(30)32-10-11-4-6-24-7-5-11/h2-8,16H,9-10H2,1H3,(H,25,28). The van der Waals surface area contributed by atoms with Gasteiger partial charge in [0.15, 0.2) is 16.9 Å². The van der Waals surface area contributed by atoms with Crippen LogP contribution < -0.4 is 16.6 Å². The molecular formula is C21H16F2N4O5S. The van der Waals surface area contributed by atoms with E-state index in [2.05, 4.69) is 10.3 Å². The maximum atomic E-state index is 13.6. The average molecular weight is 474 g/mol. The number of anilines is 1. The van der Waals surface area contributed by atoms with E-state index in [1.165, 1.54) is 25.5 Å². The highest BCUT2D eigenvalue weighted by molar-refractivity contribution is 8.01. The Morgan fingerprint density at radius 1 is 1.12 bits per heavy atom. The number of carbonyl (C=O) groups excluding carboxylic acids is 2. The molecule has 0 radical (unpaired) electrons. The first-order valence-corrected chi connectivity index (χ1v) is 10.4. The summed E-state index contributed by atoms with van der Waals surface area (Å²) in [7, 11) is 1.34. The maximum Gasteiger partial charge on any atom is 0.332 e. The molecule has 1 aromatic carbocycles. The molecule has 0 saturated carbocycles. The van der Waals surface area contributed by atoms with Crippen molar-refractivity contribution >= 4 is 29.5 Å². The van der Waals surface area contributed by atoms with Gasteiger partial charge in [-0.15, -0.1) is 0 Å². The van der Waals surface area contributed by atoms with Crippen molar-refractivity contribution in [1.82, 2.24) is 14.1 Å². The van der Waals surface area contributed by atoms with E-state index in [1.54, 1.807) is 12.1 Å². The van der Waals surface area contributed by atoms with Crippen LogP contribution in [0.5, 0.6) is 0 Å². The highest BCUT2D eigenvalue weighted by Crippen LogP contribution is 2.32. The van der Waals surface area contributed by atoms with Crippen LogP contribution in [0.25, 0.3) is 0 Å². The quantitative estimate of drug-likeness (QED) is 0.440. The molecular weight excluding hydrogens is 458 g/mol. The number of rotatable bonds is 5. The van der Waals surface area contributed by atoms with E-state index in [0.717, 1.165) is 21.3 Å². The van der Waals surface area contributed by atoms with Gasteiger partial charge in [-0.25, -0.2) is 13.6 Å². The molecule has 0 saturated heterocycles. The van der Waals surface area contributed by atoms with E-state index in [0.29, 0.717) is 17.3 Å². The van der Waals surface area contributed by atoms with Gasteiger partial charge in [0.2, 0.25) is 5.91 Å². The van der Waals surface area contributed by atoms with E-state index >= 15 is 0 Å². The second-order valence-electron chi connectivity index (χ2n) is 7.11. The monoisotopic (exact) mass is 474 g/mol. The number of amides is 1. The van der Waals surface area contributed by atoms with E-state index in [1.807, 2.05) is 0 Å². The summed E-state index contributed by atoms with van der Waals surface area (Å²) in [5.41, 5.74) is -0.708. The molecule has 3 heterocycles. The van der Waals surface area contributed by atoms with Crippen LogP contribution in [0, 0.1) is 11.6 Å². The molecule has 1 unspecified atom stereocenters. The van der Waals surface area contributed by atoms with Gasteiger partial charge in [-0.2, -0.15) is 0 Å². The van der Waals surface area contributed by atoms with Crippen LogP contribution >= 0.6 is 11.8 Å². The Balaban J connectivity index is 1.63. The molecule has 1 aliphatic heterocycles. The molecule has 1 N–H and O–H groups in total. The van der Waals surface area contributed by atoms with Crippen LogP contribution in [-0.2, 0) is 34.5 Å². The van der Waals surface area contributed by atoms with Gasteiger partial charge in [-0.3, -0.25) is 28.5 Å². The zero-order valence-electron chi connectivity index (χ0n) is 17.1. The van der Waals surface area contributed by atoms with Gasteiger partial charge in [-0.05, 0) is 35.4 Å². The van der Waals surface area contributed by atoms with Crippen LogP contribution in [0.1, 0.15) is 11.1 Å². The zero-order chi connectivity index (χ0) is 23.7. The molecule has 1 aliphatic rings. The van der Waals surface area contributed by atoms with Crippen molar-refractivity contribution < 1.29 is 23.1 Å². The summed E-state index contributed by atoms with van der Waals surface area (Å²) in [6.07, 6.45) is 3.05. The fourth-order valence-corrected chi connectivity index (χ4v) is 4.24. The zero-order valence-corrected chi connectivity index (χ0v) is 17.9. The molecule has 0 fully saturated rings. The fraction of sp³-hybridized carbons (Fsp3) is 0.190. The number of nitrogens with one attached hydrogen (secondary N) is 1. The third-order valence-corrected chi connectivity index (χ3v) is 6.14. The summed E-state index contributed by atoms with van der Waals surface area (Å²) >= 11 is 0.662. The van der Waals surface area contributed by atoms with Crippen LogP contribution in [-0.4, -0.2) is 31.2 Å². The van der Waals surface area contributed by atoms with Gasteiger partial charge in [0.25, 0.3) is 5.56 Å². The number of thioether (sulfide) groups is 1. The third-order valence-electron chi connectivity index (χ3n) is 4.89. The molecule has 170 valence electrons. The van der Waals surface area contributed by atoms with E-state index in [4.69, 9.17) is 4.74 Å². The first kappa shape index (κ1) is 22.4. The molecule has 0 bridgehead atoms. The Labute approximate surface area is 189 Å². The van der Waals surface area contributed by atoms with Crippen molar-refractivity contribution in [2.24, 2.45) is 7.05 Å². The Morgan fingerprint density at radius 2 is 1.85 bits per heavy atom. The molecule has 3 aromatic rings. The molecule has 0 aliphatic carbocycles. The maximum absolute atomic E-state index is 13.6. The normalized spacial score (nSPS) is 15.0. The number of aromatic nitrogens is 3. The van der Waals surface area contributed by atoms with E-state index in [-0.39, 0.29) is 29.4 Å². The minimum atomic E-state index is -1.37. The number of pyridine rings is 1. The van der Waals surface area contributed by atoms with Crippen molar-refractivity contribution in [1.29, 1.82) is 0 Å². The van der Waals surface area contributed by atoms with E-state index < -0.39 is 40.0 Å². The smallest absolute Gasteiger partial charge is 0.332 e. The molecule has 1 atom stereocenters. The number of halogens is 2. The lowest BCUT2D eigenvalue weighted by Gasteiger charge is -2.24. The summed E-state index contributed by atoms with van der Waals surface area (Å²) in [5, 5.41) is 1.04. The molecule has 9 nitrogen and oxygen atoms in total. The van der Waals surface area contributed by atoms with Gasteiger partial charge in [0, 0.05) is 19.4 Å². The first-order valence-electron chi connectivity index (χ1n) is 9.57. The molecule has 0 spiro atoms. The molecule has 12 heteroatoms. The van der Waals surface area contributed by atoms with Crippen molar-refractivity contribution in [2.75, 3.05) is 5.32 Å². The van der Waals surface area contributed by atoms with Crippen molar-refractivity contribution in [3.63, 3.8) is 0 Å². The molecule has 33 heavy (non-hydrogen) atoms. The van der Waals surface area contributed by atoms with Gasteiger partial charge >= 0.3 is 11.7 Å². The number of esters is 1. The number of benzene rings is 1. The van der Waals surface area contributed by atoms with Crippen molar-refractivity contribution in [3.8, 4) is 0 Å². The summed E-state index contributed by atoms with van der Waals surface area (Å²) in [4.78, 5) is 54.6. The molecule has 2 aromatic heterocycles. The molecule has 1 amide bonds. The minimum Gasteiger partial charge on any atom is -0.460 e. The topological polar surface area (TPSA) is 112 Å². The predicted molar refractivity (Wildman–Crippen MR) is 114 cm³/mol. The fourth-order valence-electron chi connectivity index (χ4n) is 3.16. The minimum absolute atomic E-state index is 0.0508. The van der Waals surface area contributed by atoms with Gasteiger partial charge in [0.1, 0.15) is 17.3 Å². The lowest BCUT2D eigenvalue weighted by molar-refractivity contribution is -0.146. The Morgan fingerprint density at radius 3 is 2.55 bits per heavy atom.